The number of thiophene rings is 1. The number of benzene rings is 1. The molecule has 1 nitrogen and oxygen atoms in total. The van der Waals surface area contributed by atoms with Crippen LogP contribution in [0.5, 0.6) is 0 Å². The van der Waals surface area contributed by atoms with Crippen LogP contribution in [0.15, 0.2) is 42.5 Å². The summed E-state index contributed by atoms with van der Waals surface area (Å²) in [5, 5.41) is 3.64. The Morgan fingerprint density at radius 3 is 2.61 bits per heavy atom. The zero-order valence-electron chi connectivity index (χ0n) is 10.7. The van der Waals surface area contributed by atoms with Gasteiger partial charge >= 0.3 is 0 Å². The third kappa shape index (κ3) is 2.50. The molecule has 1 aromatic heterocycles. The number of nitrogens with one attached hydrogen (secondary N) is 1. The maximum Gasteiger partial charge on any atom is 0.0443 e. The smallest absolute Gasteiger partial charge is 0.0443 e. The predicted molar refractivity (Wildman–Crippen MR) is 78.9 cm³/mol. The summed E-state index contributed by atoms with van der Waals surface area (Å²) in [4.78, 5) is 2.88. The SMILES string of the molecule is CCNC(c1ccc(-c2ccccc2)s1)C1CC1. The van der Waals surface area contributed by atoms with Crippen LogP contribution in [-0.2, 0) is 0 Å². The lowest BCUT2D eigenvalue weighted by molar-refractivity contribution is 0.504. The molecule has 2 aromatic rings. The number of hydrogen-bond donors (Lipinski definition) is 1. The van der Waals surface area contributed by atoms with Crippen molar-refractivity contribution in [2.45, 2.75) is 25.8 Å². The van der Waals surface area contributed by atoms with Crippen molar-refractivity contribution in [3.05, 3.63) is 47.3 Å². The van der Waals surface area contributed by atoms with E-state index in [2.05, 4.69) is 54.7 Å². The summed E-state index contributed by atoms with van der Waals surface area (Å²) in [5.41, 5.74) is 1.33. The molecule has 0 amide bonds. The Hall–Kier alpha value is -1.12. The molecule has 1 aliphatic rings. The van der Waals surface area contributed by atoms with Gasteiger partial charge in [-0.05, 0) is 43.0 Å². The van der Waals surface area contributed by atoms with E-state index in [1.54, 1.807) is 0 Å². The highest BCUT2D eigenvalue weighted by Gasteiger charge is 2.32. The molecule has 0 radical (unpaired) electrons. The molecule has 2 heteroatoms. The molecule has 1 saturated carbocycles. The van der Waals surface area contributed by atoms with E-state index in [9.17, 15) is 0 Å². The van der Waals surface area contributed by atoms with Crippen LogP contribution in [0.25, 0.3) is 10.4 Å². The minimum atomic E-state index is 0.581. The Morgan fingerprint density at radius 1 is 1.17 bits per heavy atom. The molecule has 0 bridgehead atoms. The lowest BCUT2D eigenvalue weighted by atomic mass is 10.1. The molecular formula is C16H19NS. The van der Waals surface area contributed by atoms with E-state index in [1.165, 1.54) is 28.2 Å². The molecule has 1 N–H and O–H groups in total. The lowest BCUT2D eigenvalue weighted by Gasteiger charge is -2.15. The molecule has 3 rings (SSSR count). The van der Waals surface area contributed by atoms with E-state index in [0.717, 1.165) is 12.5 Å². The van der Waals surface area contributed by atoms with Gasteiger partial charge in [-0.1, -0.05) is 37.3 Å². The zero-order valence-corrected chi connectivity index (χ0v) is 11.5. The van der Waals surface area contributed by atoms with Crippen LogP contribution < -0.4 is 5.32 Å². The Labute approximate surface area is 113 Å². The monoisotopic (exact) mass is 257 g/mol. The second-order valence-electron chi connectivity index (χ2n) is 4.94. The highest BCUT2D eigenvalue weighted by atomic mass is 32.1. The maximum atomic E-state index is 3.64. The molecule has 1 heterocycles. The third-order valence-corrected chi connectivity index (χ3v) is 4.73. The van der Waals surface area contributed by atoms with Gasteiger partial charge in [0, 0.05) is 15.8 Å². The van der Waals surface area contributed by atoms with Gasteiger partial charge in [0.1, 0.15) is 0 Å². The average Bonchev–Trinajstić information content (AvgIpc) is 3.14. The molecule has 94 valence electrons. The van der Waals surface area contributed by atoms with Crippen molar-refractivity contribution in [2.75, 3.05) is 6.54 Å². The molecule has 0 spiro atoms. The fraction of sp³-hybridized carbons (Fsp3) is 0.375. The molecule has 1 aliphatic carbocycles. The van der Waals surface area contributed by atoms with Crippen LogP contribution in [0.2, 0.25) is 0 Å². The summed E-state index contributed by atoms with van der Waals surface area (Å²) in [7, 11) is 0. The Bertz CT molecular complexity index is 499. The van der Waals surface area contributed by atoms with Gasteiger partial charge in [0.2, 0.25) is 0 Å². The molecule has 1 fully saturated rings. The van der Waals surface area contributed by atoms with Crippen LogP contribution in [0.3, 0.4) is 0 Å². The van der Waals surface area contributed by atoms with E-state index in [1.807, 2.05) is 11.3 Å². The van der Waals surface area contributed by atoms with E-state index in [0.29, 0.717) is 6.04 Å². The topological polar surface area (TPSA) is 12.0 Å². The van der Waals surface area contributed by atoms with Crippen molar-refractivity contribution < 1.29 is 0 Å². The number of hydrogen-bond acceptors (Lipinski definition) is 2. The first-order valence-corrected chi connectivity index (χ1v) is 7.58. The van der Waals surface area contributed by atoms with Crippen LogP contribution in [0, 0.1) is 5.92 Å². The lowest BCUT2D eigenvalue weighted by Crippen LogP contribution is -2.21. The zero-order chi connectivity index (χ0) is 12.4. The summed E-state index contributed by atoms with van der Waals surface area (Å²) < 4.78 is 0. The predicted octanol–water partition coefficient (Wildman–Crippen LogP) is 4.48. The van der Waals surface area contributed by atoms with Crippen molar-refractivity contribution in [3.8, 4) is 10.4 Å². The summed E-state index contributed by atoms with van der Waals surface area (Å²) >= 11 is 1.94. The first kappa shape index (κ1) is 11.9. The second kappa shape index (κ2) is 5.25. The van der Waals surface area contributed by atoms with Crippen LogP contribution in [-0.4, -0.2) is 6.54 Å². The molecule has 18 heavy (non-hydrogen) atoms. The fourth-order valence-electron chi connectivity index (χ4n) is 2.43. The highest BCUT2D eigenvalue weighted by molar-refractivity contribution is 7.15. The maximum absolute atomic E-state index is 3.64. The summed E-state index contributed by atoms with van der Waals surface area (Å²) in [6, 6.07) is 15.8. The normalized spacial score (nSPS) is 16.7. The molecule has 0 saturated heterocycles. The Kier molecular flexibility index (Phi) is 3.48. The van der Waals surface area contributed by atoms with Gasteiger partial charge in [-0.15, -0.1) is 11.3 Å². The van der Waals surface area contributed by atoms with Gasteiger partial charge in [-0.25, -0.2) is 0 Å². The molecule has 0 aliphatic heterocycles. The first-order chi connectivity index (χ1) is 8.88. The standard InChI is InChI=1S/C16H19NS/c1-2-17-16(13-8-9-13)15-11-10-14(18-15)12-6-4-3-5-7-12/h3-7,10-11,13,16-17H,2,8-9H2,1H3. The third-order valence-electron chi connectivity index (χ3n) is 3.51. The van der Waals surface area contributed by atoms with Crippen LogP contribution >= 0.6 is 11.3 Å². The minimum Gasteiger partial charge on any atom is -0.309 e. The minimum absolute atomic E-state index is 0.581. The van der Waals surface area contributed by atoms with Crippen molar-refractivity contribution >= 4 is 11.3 Å². The van der Waals surface area contributed by atoms with Gasteiger partial charge in [0.05, 0.1) is 0 Å². The van der Waals surface area contributed by atoms with Gasteiger partial charge in [-0.3, -0.25) is 0 Å². The fourth-order valence-corrected chi connectivity index (χ4v) is 3.61. The second-order valence-corrected chi connectivity index (χ2v) is 6.06. The summed E-state index contributed by atoms with van der Waals surface area (Å²) in [6.07, 6.45) is 2.77. The van der Waals surface area contributed by atoms with Gasteiger partial charge < -0.3 is 5.32 Å². The Balaban J connectivity index is 1.84. The number of rotatable bonds is 5. The van der Waals surface area contributed by atoms with Crippen molar-refractivity contribution in [1.29, 1.82) is 0 Å². The van der Waals surface area contributed by atoms with Gasteiger partial charge in [-0.2, -0.15) is 0 Å². The summed E-state index contributed by atoms with van der Waals surface area (Å²) in [5.74, 6) is 0.868. The molecule has 1 aromatic carbocycles. The largest absolute Gasteiger partial charge is 0.309 e. The quantitative estimate of drug-likeness (QED) is 0.833. The Morgan fingerprint density at radius 2 is 1.94 bits per heavy atom. The van der Waals surface area contributed by atoms with Crippen LogP contribution in [0.1, 0.15) is 30.7 Å². The van der Waals surface area contributed by atoms with Gasteiger partial charge in [0.15, 0.2) is 0 Å². The highest BCUT2D eigenvalue weighted by Crippen LogP contribution is 2.44. The average molecular weight is 257 g/mol. The van der Waals surface area contributed by atoms with Crippen molar-refractivity contribution in [2.24, 2.45) is 5.92 Å². The molecule has 1 unspecified atom stereocenters. The van der Waals surface area contributed by atoms with Crippen LogP contribution in [0.4, 0.5) is 0 Å². The van der Waals surface area contributed by atoms with E-state index in [4.69, 9.17) is 0 Å². The molecule has 1 atom stereocenters. The van der Waals surface area contributed by atoms with Gasteiger partial charge in [0.25, 0.3) is 0 Å². The van der Waals surface area contributed by atoms with E-state index >= 15 is 0 Å². The van der Waals surface area contributed by atoms with Crippen molar-refractivity contribution in [1.82, 2.24) is 5.32 Å². The van der Waals surface area contributed by atoms with Crippen molar-refractivity contribution in [3.63, 3.8) is 0 Å². The first-order valence-electron chi connectivity index (χ1n) is 6.77. The van der Waals surface area contributed by atoms with E-state index < -0.39 is 0 Å². The summed E-state index contributed by atoms with van der Waals surface area (Å²) in [6.45, 7) is 3.25. The molecular weight excluding hydrogens is 238 g/mol. The van der Waals surface area contributed by atoms with E-state index in [-0.39, 0.29) is 0 Å².